The summed E-state index contributed by atoms with van der Waals surface area (Å²) >= 11 is 0. The molecule has 0 aromatic rings. The van der Waals surface area contributed by atoms with Crippen molar-refractivity contribution < 1.29 is 28.7 Å². The van der Waals surface area contributed by atoms with Gasteiger partial charge in [0, 0.05) is 6.54 Å². The van der Waals surface area contributed by atoms with Crippen LogP contribution in [0.5, 0.6) is 0 Å². The SMILES string of the molecule is CC(C)(C)OC(=O)NCC(=O)N1CCCC1C(N)=O.CCCCC/C=C\C1CC1C(=O)OCC. The topological polar surface area (TPSA) is 128 Å². The van der Waals surface area contributed by atoms with Gasteiger partial charge in [0.25, 0.3) is 0 Å². The zero-order valence-corrected chi connectivity index (χ0v) is 21.4. The van der Waals surface area contributed by atoms with Crippen molar-refractivity contribution >= 4 is 23.9 Å². The molecular weight excluding hydrogens is 438 g/mol. The molecular formula is C25H43N3O6. The zero-order chi connectivity index (χ0) is 25.7. The monoisotopic (exact) mass is 481 g/mol. The molecule has 2 aliphatic rings. The average Bonchev–Trinajstić information content (AvgIpc) is 3.34. The first-order valence-corrected chi connectivity index (χ1v) is 12.4. The van der Waals surface area contributed by atoms with Gasteiger partial charge in [-0.1, -0.05) is 31.9 Å². The minimum absolute atomic E-state index is 0.0132. The van der Waals surface area contributed by atoms with E-state index in [0.29, 0.717) is 25.5 Å². The van der Waals surface area contributed by atoms with Crippen molar-refractivity contribution in [2.24, 2.45) is 17.6 Å². The van der Waals surface area contributed by atoms with Gasteiger partial charge in [0.2, 0.25) is 11.8 Å². The van der Waals surface area contributed by atoms with E-state index in [0.717, 1.165) is 19.3 Å². The zero-order valence-electron chi connectivity index (χ0n) is 21.4. The smallest absolute Gasteiger partial charge is 0.408 e. The fourth-order valence-electron chi connectivity index (χ4n) is 3.66. The average molecular weight is 482 g/mol. The van der Waals surface area contributed by atoms with E-state index in [1.165, 1.54) is 24.2 Å². The number of unbranched alkanes of at least 4 members (excludes halogenated alkanes) is 3. The van der Waals surface area contributed by atoms with Crippen LogP contribution in [0.15, 0.2) is 12.2 Å². The van der Waals surface area contributed by atoms with Crippen LogP contribution in [0.2, 0.25) is 0 Å². The van der Waals surface area contributed by atoms with Crippen molar-refractivity contribution in [3.8, 4) is 0 Å². The van der Waals surface area contributed by atoms with Crippen LogP contribution >= 0.6 is 0 Å². The molecule has 1 saturated carbocycles. The first-order chi connectivity index (χ1) is 16.0. The number of carbonyl (C=O) groups excluding carboxylic acids is 4. The highest BCUT2D eigenvalue weighted by Gasteiger charge is 2.42. The Morgan fingerprint density at radius 2 is 1.85 bits per heavy atom. The van der Waals surface area contributed by atoms with E-state index in [1.807, 2.05) is 6.92 Å². The largest absolute Gasteiger partial charge is 0.466 e. The fraction of sp³-hybridized carbons (Fsp3) is 0.760. The summed E-state index contributed by atoms with van der Waals surface area (Å²) in [5, 5.41) is 2.37. The molecule has 0 aromatic carbocycles. The van der Waals surface area contributed by atoms with Gasteiger partial charge in [0.1, 0.15) is 18.2 Å². The van der Waals surface area contributed by atoms with Gasteiger partial charge < -0.3 is 25.4 Å². The second kappa shape index (κ2) is 14.6. The lowest BCUT2D eigenvalue weighted by Crippen LogP contribution is -2.48. The van der Waals surface area contributed by atoms with Gasteiger partial charge in [-0.15, -0.1) is 0 Å². The molecule has 1 saturated heterocycles. The third kappa shape index (κ3) is 11.5. The number of likely N-dealkylation sites (tertiary alicyclic amines) is 1. The third-order valence-electron chi connectivity index (χ3n) is 5.47. The molecule has 3 amide bonds. The molecule has 9 nitrogen and oxygen atoms in total. The molecule has 0 spiro atoms. The Bertz CT molecular complexity index is 716. The van der Waals surface area contributed by atoms with Crippen molar-refractivity contribution in [1.29, 1.82) is 0 Å². The number of alkyl carbamates (subject to hydrolysis) is 1. The summed E-state index contributed by atoms with van der Waals surface area (Å²) in [4.78, 5) is 47.1. The van der Waals surface area contributed by atoms with Gasteiger partial charge in [-0.05, 0) is 65.7 Å². The van der Waals surface area contributed by atoms with E-state index >= 15 is 0 Å². The van der Waals surface area contributed by atoms with Gasteiger partial charge in [0.15, 0.2) is 0 Å². The number of allylic oxidation sites excluding steroid dienone is 2. The number of rotatable bonds is 10. The van der Waals surface area contributed by atoms with Gasteiger partial charge in [-0.2, -0.15) is 0 Å². The van der Waals surface area contributed by atoms with E-state index in [9.17, 15) is 19.2 Å². The predicted molar refractivity (Wildman–Crippen MR) is 130 cm³/mol. The van der Waals surface area contributed by atoms with Crippen molar-refractivity contribution in [2.75, 3.05) is 19.7 Å². The Morgan fingerprint density at radius 1 is 1.15 bits per heavy atom. The number of amides is 3. The summed E-state index contributed by atoms with van der Waals surface area (Å²) in [6.07, 6.45) is 11.1. The van der Waals surface area contributed by atoms with Crippen LogP contribution in [-0.4, -0.2) is 60.1 Å². The third-order valence-corrected chi connectivity index (χ3v) is 5.47. The van der Waals surface area contributed by atoms with Crippen molar-refractivity contribution in [3.05, 3.63) is 12.2 Å². The van der Waals surface area contributed by atoms with Crippen LogP contribution in [0.4, 0.5) is 4.79 Å². The molecule has 3 N–H and O–H groups in total. The van der Waals surface area contributed by atoms with Crippen LogP contribution < -0.4 is 11.1 Å². The summed E-state index contributed by atoms with van der Waals surface area (Å²) in [7, 11) is 0. The number of nitrogens with one attached hydrogen (secondary N) is 1. The number of ether oxygens (including phenoxy) is 2. The van der Waals surface area contributed by atoms with Crippen LogP contribution in [-0.2, 0) is 23.9 Å². The lowest BCUT2D eigenvalue weighted by molar-refractivity contribution is -0.144. The molecule has 34 heavy (non-hydrogen) atoms. The Morgan fingerprint density at radius 3 is 2.44 bits per heavy atom. The molecule has 0 radical (unpaired) electrons. The number of primary amides is 1. The van der Waals surface area contributed by atoms with Gasteiger partial charge in [0.05, 0.1) is 12.5 Å². The number of hydrogen-bond donors (Lipinski definition) is 2. The standard InChI is InChI=1S/C13H22O2.C12H21N3O4/c1-3-5-6-7-8-9-11-10-12(11)13(14)15-4-2;1-12(2,3)19-11(18)14-7-9(16)15-6-4-5-8(15)10(13)17/h8-9,11-12H,3-7,10H2,1-2H3;8H,4-7H2,1-3H3,(H2,13,17)(H,14,18)/b9-8-;. The summed E-state index contributed by atoms with van der Waals surface area (Å²) in [5.41, 5.74) is 4.61. The molecule has 9 heteroatoms. The molecule has 2 fully saturated rings. The van der Waals surface area contributed by atoms with Crippen LogP contribution in [0.3, 0.4) is 0 Å². The summed E-state index contributed by atoms with van der Waals surface area (Å²) in [6.45, 7) is 10.1. The fourth-order valence-corrected chi connectivity index (χ4v) is 3.66. The van der Waals surface area contributed by atoms with Crippen molar-refractivity contribution in [2.45, 2.75) is 91.2 Å². The minimum Gasteiger partial charge on any atom is -0.466 e. The maximum absolute atomic E-state index is 11.9. The first kappa shape index (κ1) is 29.5. The molecule has 2 rings (SSSR count). The quantitative estimate of drug-likeness (QED) is 0.280. The second-order valence-corrected chi connectivity index (χ2v) is 9.69. The Hall–Kier alpha value is -2.58. The van der Waals surface area contributed by atoms with E-state index in [-0.39, 0.29) is 24.3 Å². The normalized spacial score (nSPS) is 21.4. The van der Waals surface area contributed by atoms with Gasteiger partial charge in [-0.25, -0.2) is 4.79 Å². The van der Waals surface area contributed by atoms with E-state index in [1.54, 1.807) is 20.8 Å². The predicted octanol–water partition coefficient (Wildman–Crippen LogP) is 3.31. The van der Waals surface area contributed by atoms with Gasteiger partial charge >= 0.3 is 12.1 Å². The lowest BCUT2D eigenvalue weighted by Gasteiger charge is -2.23. The molecule has 194 valence electrons. The minimum atomic E-state index is -0.657. The number of nitrogens with zero attached hydrogens (tertiary/aromatic N) is 1. The number of hydrogen-bond acceptors (Lipinski definition) is 6. The molecule has 1 heterocycles. The number of nitrogens with two attached hydrogens (primary N) is 1. The maximum Gasteiger partial charge on any atom is 0.408 e. The van der Waals surface area contributed by atoms with Crippen molar-refractivity contribution in [1.82, 2.24) is 10.2 Å². The maximum atomic E-state index is 11.9. The highest BCUT2D eigenvalue weighted by Crippen LogP contribution is 2.40. The lowest BCUT2D eigenvalue weighted by atomic mass is 10.2. The van der Waals surface area contributed by atoms with Crippen LogP contribution in [0.1, 0.15) is 79.6 Å². The molecule has 1 aliphatic carbocycles. The molecule has 3 atom stereocenters. The van der Waals surface area contributed by atoms with Gasteiger partial charge in [-0.3, -0.25) is 14.4 Å². The highest BCUT2D eigenvalue weighted by atomic mass is 16.6. The summed E-state index contributed by atoms with van der Waals surface area (Å²) in [5.74, 6) is -0.228. The molecule has 3 unspecified atom stereocenters. The Labute approximate surface area is 203 Å². The molecule has 1 aliphatic heterocycles. The van der Waals surface area contributed by atoms with E-state index < -0.39 is 23.6 Å². The Kier molecular flexibility index (Phi) is 12.7. The summed E-state index contributed by atoms with van der Waals surface area (Å²) in [6, 6.07) is -0.562. The first-order valence-electron chi connectivity index (χ1n) is 12.4. The number of esters is 1. The van der Waals surface area contributed by atoms with Crippen LogP contribution in [0.25, 0.3) is 0 Å². The second-order valence-electron chi connectivity index (χ2n) is 9.69. The van der Waals surface area contributed by atoms with E-state index in [2.05, 4.69) is 24.4 Å². The highest BCUT2D eigenvalue weighted by molar-refractivity contribution is 5.89. The van der Waals surface area contributed by atoms with Crippen molar-refractivity contribution in [3.63, 3.8) is 0 Å². The number of carbonyl (C=O) groups is 4. The van der Waals surface area contributed by atoms with E-state index in [4.69, 9.17) is 15.2 Å². The summed E-state index contributed by atoms with van der Waals surface area (Å²) < 4.78 is 9.98. The Balaban J connectivity index is 0.000000350. The molecule has 0 bridgehead atoms. The molecule has 0 aromatic heterocycles. The van der Waals surface area contributed by atoms with Crippen LogP contribution in [0, 0.1) is 11.8 Å².